The average molecular weight is 354 g/mol. The summed E-state index contributed by atoms with van der Waals surface area (Å²) in [4.78, 5) is 0. The molecule has 0 aliphatic heterocycles. The van der Waals surface area contributed by atoms with Crippen LogP contribution in [0.3, 0.4) is 0 Å². The van der Waals surface area contributed by atoms with Gasteiger partial charge in [0.15, 0.2) is 11.5 Å². The molecular weight excluding hydrogens is 337 g/mol. The molecule has 2 aromatic carbocycles. The van der Waals surface area contributed by atoms with Gasteiger partial charge in [-0.05, 0) is 24.3 Å². The van der Waals surface area contributed by atoms with Crippen LogP contribution in [-0.4, -0.2) is 27.5 Å². The third-order valence-electron chi connectivity index (χ3n) is 3.32. The van der Waals surface area contributed by atoms with E-state index in [0.29, 0.717) is 22.8 Å². The molecule has 0 saturated carbocycles. The van der Waals surface area contributed by atoms with Gasteiger partial charge >= 0.3 is 6.18 Å². The number of rotatable bonds is 6. The molecule has 134 valence electrons. The van der Waals surface area contributed by atoms with Crippen molar-refractivity contribution >= 4 is 11.9 Å². The number of benzene rings is 2. The van der Waals surface area contributed by atoms with E-state index in [1.807, 2.05) is 0 Å². The maximum absolute atomic E-state index is 12.9. The van der Waals surface area contributed by atoms with E-state index in [2.05, 4.69) is 10.5 Å². The van der Waals surface area contributed by atoms with Crippen molar-refractivity contribution in [2.24, 2.45) is 5.10 Å². The highest BCUT2D eigenvalue weighted by Gasteiger charge is 2.33. The van der Waals surface area contributed by atoms with Gasteiger partial charge in [0.05, 0.1) is 38.8 Å². The van der Waals surface area contributed by atoms with Crippen LogP contribution in [0.2, 0.25) is 0 Å². The van der Waals surface area contributed by atoms with Gasteiger partial charge < -0.3 is 14.2 Å². The summed E-state index contributed by atoms with van der Waals surface area (Å²) >= 11 is 0. The molecule has 1 N–H and O–H groups in total. The first-order valence-corrected chi connectivity index (χ1v) is 7.16. The number of para-hydroxylation sites is 1. The van der Waals surface area contributed by atoms with E-state index in [4.69, 9.17) is 14.2 Å². The van der Waals surface area contributed by atoms with Gasteiger partial charge in [-0.3, -0.25) is 5.43 Å². The molecule has 0 heterocycles. The van der Waals surface area contributed by atoms with Crippen molar-refractivity contribution in [1.82, 2.24) is 0 Å². The third-order valence-corrected chi connectivity index (χ3v) is 3.32. The average Bonchev–Trinajstić information content (AvgIpc) is 2.60. The first-order chi connectivity index (χ1) is 11.9. The molecule has 0 atom stereocenters. The molecule has 0 unspecified atom stereocenters. The number of ether oxygens (including phenoxy) is 3. The summed E-state index contributed by atoms with van der Waals surface area (Å²) < 4.78 is 54.5. The fourth-order valence-corrected chi connectivity index (χ4v) is 2.18. The molecule has 0 amide bonds. The monoisotopic (exact) mass is 354 g/mol. The lowest BCUT2D eigenvalue weighted by molar-refractivity contribution is -0.136. The second-order valence-electron chi connectivity index (χ2n) is 4.87. The van der Waals surface area contributed by atoms with Crippen LogP contribution in [0.5, 0.6) is 17.2 Å². The zero-order valence-corrected chi connectivity index (χ0v) is 13.8. The number of nitrogens with one attached hydrogen (secondary N) is 1. The van der Waals surface area contributed by atoms with Crippen molar-refractivity contribution in [2.45, 2.75) is 6.18 Å². The van der Waals surface area contributed by atoms with Crippen molar-refractivity contribution in [2.75, 3.05) is 26.8 Å². The number of alkyl halides is 3. The minimum absolute atomic E-state index is 0.140. The van der Waals surface area contributed by atoms with Crippen LogP contribution in [0.15, 0.2) is 41.5 Å². The van der Waals surface area contributed by atoms with Crippen molar-refractivity contribution in [3.63, 3.8) is 0 Å². The van der Waals surface area contributed by atoms with Gasteiger partial charge in [0.25, 0.3) is 0 Å². The van der Waals surface area contributed by atoms with Crippen molar-refractivity contribution in [3.05, 3.63) is 47.5 Å². The number of hydrogen-bond acceptors (Lipinski definition) is 5. The van der Waals surface area contributed by atoms with Crippen LogP contribution >= 0.6 is 0 Å². The van der Waals surface area contributed by atoms with E-state index in [-0.39, 0.29) is 5.69 Å². The standard InChI is InChI=1S/C17H17F3N2O3/c1-23-14-8-11(9-15(24-2)16(14)25-3)10-21-22-13-7-5-4-6-12(13)17(18,19)20/h4-10,22H,1-3H3/b21-10-. The number of anilines is 1. The normalized spacial score (nSPS) is 11.4. The highest BCUT2D eigenvalue weighted by Crippen LogP contribution is 2.38. The van der Waals surface area contributed by atoms with Gasteiger partial charge in [-0.1, -0.05) is 12.1 Å². The SMILES string of the molecule is COc1cc(/C=N\Nc2ccccc2C(F)(F)F)cc(OC)c1OC. The van der Waals surface area contributed by atoms with Gasteiger partial charge in [-0.15, -0.1) is 0 Å². The molecule has 8 heteroatoms. The Morgan fingerprint density at radius 2 is 1.56 bits per heavy atom. The number of halogens is 3. The van der Waals surface area contributed by atoms with Crippen LogP contribution in [0.4, 0.5) is 18.9 Å². The predicted octanol–water partition coefficient (Wildman–Crippen LogP) is 4.18. The van der Waals surface area contributed by atoms with E-state index >= 15 is 0 Å². The summed E-state index contributed by atoms with van der Waals surface area (Å²) in [5, 5.41) is 3.87. The first kappa shape index (κ1) is 18.4. The summed E-state index contributed by atoms with van der Waals surface area (Å²) in [6.07, 6.45) is -3.11. The minimum atomic E-state index is -4.47. The Labute approximate surface area is 143 Å². The summed E-state index contributed by atoms with van der Waals surface area (Å²) in [5.41, 5.74) is 2.04. The largest absolute Gasteiger partial charge is 0.493 e. The Kier molecular flexibility index (Phi) is 5.74. The number of hydrazone groups is 1. The van der Waals surface area contributed by atoms with E-state index in [1.54, 1.807) is 12.1 Å². The number of hydrogen-bond donors (Lipinski definition) is 1. The second-order valence-corrected chi connectivity index (χ2v) is 4.87. The molecular formula is C17H17F3N2O3. The zero-order chi connectivity index (χ0) is 18.4. The molecule has 25 heavy (non-hydrogen) atoms. The number of nitrogens with zero attached hydrogens (tertiary/aromatic N) is 1. The second kappa shape index (κ2) is 7.78. The topological polar surface area (TPSA) is 52.1 Å². The van der Waals surface area contributed by atoms with Crippen LogP contribution in [0, 0.1) is 0 Å². The smallest absolute Gasteiger partial charge is 0.418 e. The molecule has 0 aromatic heterocycles. The van der Waals surface area contributed by atoms with Crippen LogP contribution < -0.4 is 19.6 Å². The third kappa shape index (κ3) is 4.34. The first-order valence-electron chi connectivity index (χ1n) is 7.16. The van der Waals surface area contributed by atoms with Crippen molar-refractivity contribution < 1.29 is 27.4 Å². The molecule has 0 radical (unpaired) electrons. The van der Waals surface area contributed by atoms with Gasteiger partial charge in [0.2, 0.25) is 5.75 Å². The van der Waals surface area contributed by atoms with Gasteiger partial charge in [0.1, 0.15) is 0 Å². The molecule has 0 aliphatic rings. The molecule has 0 bridgehead atoms. The maximum Gasteiger partial charge on any atom is 0.418 e. The van der Waals surface area contributed by atoms with E-state index in [1.165, 1.54) is 45.7 Å². The lowest BCUT2D eigenvalue weighted by Crippen LogP contribution is -2.08. The summed E-state index contributed by atoms with van der Waals surface area (Å²) in [5.74, 6) is 1.25. The Bertz CT molecular complexity index is 736. The summed E-state index contributed by atoms with van der Waals surface area (Å²) in [6.45, 7) is 0. The van der Waals surface area contributed by atoms with Crippen LogP contribution in [-0.2, 0) is 6.18 Å². The summed E-state index contributed by atoms with van der Waals surface area (Å²) in [6, 6.07) is 8.35. The van der Waals surface area contributed by atoms with Crippen LogP contribution in [0.25, 0.3) is 0 Å². The van der Waals surface area contributed by atoms with Crippen molar-refractivity contribution in [1.29, 1.82) is 0 Å². The Hall–Kier alpha value is -2.90. The molecule has 2 rings (SSSR count). The highest BCUT2D eigenvalue weighted by molar-refractivity contribution is 5.83. The quantitative estimate of drug-likeness (QED) is 0.625. The molecule has 0 fully saturated rings. The minimum Gasteiger partial charge on any atom is -0.493 e. The van der Waals surface area contributed by atoms with Gasteiger partial charge in [-0.2, -0.15) is 18.3 Å². The van der Waals surface area contributed by atoms with Crippen LogP contribution in [0.1, 0.15) is 11.1 Å². The Balaban J connectivity index is 2.27. The zero-order valence-electron chi connectivity index (χ0n) is 13.8. The summed E-state index contributed by atoms with van der Waals surface area (Å²) in [7, 11) is 4.41. The number of methoxy groups -OCH3 is 3. The van der Waals surface area contributed by atoms with E-state index in [9.17, 15) is 13.2 Å². The fraction of sp³-hybridized carbons (Fsp3) is 0.235. The highest BCUT2D eigenvalue weighted by atomic mass is 19.4. The fourth-order valence-electron chi connectivity index (χ4n) is 2.18. The maximum atomic E-state index is 12.9. The molecule has 0 aliphatic carbocycles. The van der Waals surface area contributed by atoms with Gasteiger partial charge in [0, 0.05) is 5.56 Å². The lowest BCUT2D eigenvalue weighted by atomic mass is 10.2. The molecule has 5 nitrogen and oxygen atoms in total. The Morgan fingerprint density at radius 3 is 2.08 bits per heavy atom. The van der Waals surface area contributed by atoms with Crippen molar-refractivity contribution in [3.8, 4) is 17.2 Å². The Morgan fingerprint density at radius 1 is 0.960 bits per heavy atom. The molecule has 2 aromatic rings. The van der Waals surface area contributed by atoms with E-state index < -0.39 is 11.7 Å². The lowest BCUT2D eigenvalue weighted by Gasteiger charge is -2.13. The predicted molar refractivity (Wildman–Crippen MR) is 88.8 cm³/mol. The molecule has 0 saturated heterocycles. The van der Waals surface area contributed by atoms with E-state index in [0.717, 1.165) is 6.07 Å². The molecule has 0 spiro atoms. The van der Waals surface area contributed by atoms with Gasteiger partial charge in [-0.25, -0.2) is 0 Å².